The second kappa shape index (κ2) is 6.71. The average Bonchev–Trinajstić information content (AvgIpc) is 2.96. The molecule has 0 unspecified atom stereocenters. The van der Waals surface area contributed by atoms with Crippen molar-refractivity contribution in [3.05, 3.63) is 54.6 Å². The van der Waals surface area contributed by atoms with E-state index in [0.717, 1.165) is 41.6 Å². The predicted octanol–water partition coefficient (Wildman–Crippen LogP) is 4.03. The van der Waals surface area contributed by atoms with Gasteiger partial charge in [0.05, 0.1) is 0 Å². The topological polar surface area (TPSA) is 59.8 Å². The third-order valence-corrected chi connectivity index (χ3v) is 4.74. The van der Waals surface area contributed by atoms with Gasteiger partial charge in [0, 0.05) is 36.5 Å². The van der Waals surface area contributed by atoms with E-state index in [1.54, 1.807) is 23.0 Å². The number of hydrogen-bond donors (Lipinski definition) is 1. The molecule has 0 aliphatic heterocycles. The van der Waals surface area contributed by atoms with E-state index in [9.17, 15) is 9.18 Å². The minimum atomic E-state index is -0.281. The van der Waals surface area contributed by atoms with Crippen LogP contribution in [0.15, 0.2) is 48.8 Å². The molecule has 26 heavy (non-hydrogen) atoms. The molecule has 0 saturated heterocycles. The van der Waals surface area contributed by atoms with Crippen LogP contribution in [0.3, 0.4) is 0 Å². The minimum Gasteiger partial charge on any atom is -0.310 e. The number of carbonyl (C=O) groups is 1. The molecular formula is C20H19FN4O. The van der Waals surface area contributed by atoms with Crippen LogP contribution < -0.4 is 5.32 Å². The number of carbonyl (C=O) groups excluding carboxylic acids is 1. The quantitative estimate of drug-likeness (QED) is 0.773. The van der Waals surface area contributed by atoms with Crippen molar-refractivity contribution in [2.45, 2.75) is 19.3 Å². The lowest BCUT2D eigenvalue weighted by Crippen LogP contribution is -2.28. The van der Waals surface area contributed by atoms with Gasteiger partial charge in [0.1, 0.15) is 17.3 Å². The molecule has 1 fully saturated rings. The van der Waals surface area contributed by atoms with Crippen molar-refractivity contribution < 1.29 is 9.18 Å². The number of aryl methyl sites for hydroxylation is 1. The number of anilines is 1. The van der Waals surface area contributed by atoms with Crippen LogP contribution in [0.25, 0.3) is 22.4 Å². The van der Waals surface area contributed by atoms with Crippen LogP contribution in [-0.2, 0) is 11.8 Å². The van der Waals surface area contributed by atoms with Crippen molar-refractivity contribution >= 4 is 11.7 Å². The number of benzene rings is 1. The molecule has 1 aromatic carbocycles. The first-order chi connectivity index (χ1) is 12.6. The van der Waals surface area contributed by atoms with Gasteiger partial charge in [-0.05, 0) is 54.8 Å². The lowest BCUT2D eigenvalue weighted by Gasteiger charge is -2.23. The summed E-state index contributed by atoms with van der Waals surface area (Å²) >= 11 is 0. The fourth-order valence-electron chi connectivity index (χ4n) is 3.09. The van der Waals surface area contributed by atoms with Gasteiger partial charge in [-0.1, -0.05) is 6.42 Å². The van der Waals surface area contributed by atoms with Crippen LogP contribution in [0.4, 0.5) is 10.2 Å². The van der Waals surface area contributed by atoms with Gasteiger partial charge in [-0.25, -0.2) is 9.37 Å². The molecule has 0 bridgehead atoms. The fourth-order valence-corrected chi connectivity index (χ4v) is 3.09. The Hall–Kier alpha value is -3.02. The Bertz CT molecular complexity index is 945. The first-order valence-corrected chi connectivity index (χ1v) is 8.67. The van der Waals surface area contributed by atoms with E-state index >= 15 is 0 Å². The minimum absolute atomic E-state index is 0.0332. The number of amides is 1. The zero-order valence-electron chi connectivity index (χ0n) is 14.4. The molecule has 0 spiro atoms. The van der Waals surface area contributed by atoms with Crippen LogP contribution >= 0.6 is 0 Å². The lowest BCUT2D eigenvalue weighted by molar-refractivity contribution is -0.122. The third-order valence-electron chi connectivity index (χ3n) is 4.74. The molecule has 2 aromatic heterocycles. The van der Waals surface area contributed by atoms with Gasteiger partial charge >= 0.3 is 0 Å². The molecule has 3 aromatic rings. The summed E-state index contributed by atoms with van der Waals surface area (Å²) in [6.45, 7) is 0. The second-order valence-electron chi connectivity index (χ2n) is 6.62. The second-order valence-corrected chi connectivity index (χ2v) is 6.62. The summed E-state index contributed by atoms with van der Waals surface area (Å²) in [4.78, 5) is 16.4. The maximum atomic E-state index is 13.2. The Kier molecular flexibility index (Phi) is 4.24. The van der Waals surface area contributed by atoms with E-state index in [-0.39, 0.29) is 17.6 Å². The SMILES string of the molecule is Cn1cc(-c2ccnc(NC(=O)C3CCC3)c2)c(-c2ccc(F)cc2)n1. The van der Waals surface area contributed by atoms with Crippen molar-refractivity contribution in [3.8, 4) is 22.4 Å². The molecule has 0 atom stereocenters. The molecule has 1 saturated carbocycles. The van der Waals surface area contributed by atoms with Gasteiger partial charge in [-0.3, -0.25) is 9.48 Å². The Morgan fingerprint density at radius 2 is 1.96 bits per heavy atom. The van der Waals surface area contributed by atoms with Crippen LogP contribution in [0, 0.1) is 11.7 Å². The van der Waals surface area contributed by atoms with Gasteiger partial charge in [0.25, 0.3) is 0 Å². The molecule has 5 nitrogen and oxygen atoms in total. The Labute approximate surface area is 150 Å². The molecule has 1 aliphatic rings. The van der Waals surface area contributed by atoms with Crippen molar-refractivity contribution in [1.82, 2.24) is 14.8 Å². The number of halogens is 1. The molecule has 4 rings (SSSR count). The summed E-state index contributed by atoms with van der Waals surface area (Å²) in [6, 6.07) is 9.99. The molecule has 132 valence electrons. The van der Waals surface area contributed by atoms with E-state index < -0.39 is 0 Å². The van der Waals surface area contributed by atoms with Crippen molar-refractivity contribution in [2.75, 3.05) is 5.32 Å². The number of nitrogens with zero attached hydrogens (tertiary/aromatic N) is 3. The van der Waals surface area contributed by atoms with E-state index in [4.69, 9.17) is 0 Å². The van der Waals surface area contributed by atoms with E-state index in [1.807, 2.05) is 25.4 Å². The number of pyridine rings is 1. The van der Waals surface area contributed by atoms with E-state index in [2.05, 4.69) is 15.4 Å². The fraction of sp³-hybridized carbons (Fsp3) is 0.250. The normalized spacial score (nSPS) is 14.1. The first-order valence-electron chi connectivity index (χ1n) is 8.67. The van der Waals surface area contributed by atoms with Crippen LogP contribution in [-0.4, -0.2) is 20.7 Å². The van der Waals surface area contributed by atoms with Gasteiger partial charge < -0.3 is 5.32 Å². The molecule has 0 radical (unpaired) electrons. The Morgan fingerprint density at radius 3 is 2.65 bits per heavy atom. The average molecular weight is 350 g/mol. The first kappa shape index (κ1) is 16.4. The maximum Gasteiger partial charge on any atom is 0.228 e. The highest BCUT2D eigenvalue weighted by Crippen LogP contribution is 2.32. The zero-order chi connectivity index (χ0) is 18.1. The standard InChI is InChI=1S/C20H19FN4O/c1-25-12-17(19(24-25)13-5-7-16(21)8-6-13)15-9-10-22-18(11-15)23-20(26)14-3-2-4-14/h5-12,14H,2-4H2,1H3,(H,22,23,26). The molecule has 2 heterocycles. The van der Waals surface area contributed by atoms with Crippen LogP contribution in [0.5, 0.6) is 0 Å². The Morgan fingerprint density at radius 1 is 1.19 bits per heavy atom. The summed E-state index contributed by atoms with van der Waals surface area (Å²) < 4.78 is 15.0. The number of nitrogens with one attached hydrogen (secondary N) is 1. The highest BCUT2D eigenvalue weighted by Gasteiger charge is 2.25. The lowest BCUT2D eigenvalue weighted by atomic mass is 9.85. The third kappa shape index (κ3) is 3.22. The summed E-state index contributed by atoms with van der Waals surface area (Å²) in [5, 5.41) is 7.42. The largest absolute Gasteiger partial charge is 0.310 e. The number of hydrogen-bond acceptors (Lipinski definition) is 3. The maximum absolute atomic E-state index is 13.2. The summed E-state index contributed by atoms with van der Waals surface area (Å²) in [5.41, 5.74) is 3.39. The summed E-state index contributed by atoms with van der Waals surface area (Å²) in [5.74, 6) is 0.393. The molecule has 1 amide bonds. The van der Waals surface area contributed by atoms with Crippen molar-refractivity contribution in [3.63, 3.8) is 0 Å². The van der Waals surface area contributed by atoms with Crippen LogP contribution in [0.2, 0.25) is 0 Å². The van der Waals surface area contributed by atoms with Gasteiger partial charge in [0.15, 0.2) is 0 Å². The molecular weight excluding hydrogens is 331 g/mol. The van der Waals surface area contributed by atoms with Gasteiger partial charge in [-0.15, -0.1) is 0 Å². The monoisotopic (exact) mass is 350 g/mol. The zero-order valence-corrected chi connectivity index (χ0v) is 14.4. The van der Waals surface area contributed by atoms with Crippen molar-refractivity contribution in [2.24, 2.45) is 13.0 Å². The van der Waals surface area contributed by atoms with Crippen molar-refractivity contribution in [1.29, 1.82) is 0 Å². The van der Waals surface area contributed by atoms with Gasteiger partial charge in [-0.2, -0.15) is 5.10 Å². The molecule has 6 heteroatoms. The highest BCUT2D eigenvalue weighted by atomic mass is 19.1. The predicted molar refractivity (Wildman–Crippen MR) is 97.8 cm³/mol. The smallest absolute Gasteiger partial charge is 0.228 e. The summed E-state index contributed by atoms with van der Waals surface area (Å²) in [7, 11) is 1.84. The van der Waals surface area contributed by atoms with E-state index in [1.165, 1.54) is 12.1 Å². The number of rotatable bonds is 4. The van der Waals surface area contributed by atoms with E-state index in [0.29, 0.717) is 5.82 Å². The van der Waals surface area contributed by atoms with Gasteiger partial charge in [0.2, 0.25) is 5.91 Å². The highest BCUT2D eigenvalue weighted by molar-refractivity contribution is 5.93. The number of aromatic nitrogens is 3. The molecule has 1 N–H and O–H groups in total. The van der Waals surface area contributed by atoms with Crippen LogP contribution in [0.1, 0.15) is 19.3 Å². The summed E-state index contributed by atoms with van der Waals surface area (Å²) in [6.07, 6.45) is 6.59. The molecule has 1 aliphatic carbocycles. The Balaban J connectivity index is 1.66.